The van der Waals surface area contributed by atoms with Crippen LogP contribution in [0, 0.1) is 3.57 Å². The summed E-state index contributed by atoms with van der Waals surface area (Å²) in [5.74, 6) is 0.180. The molecule has 1 unspecified atom stereocenters. The number of aliphatic hydroxyl groups is 1. The average molecular weight is 331 g/mol. The van der Waals surface area contributed by atoms with Crippen molar-refractivity contribution in [2.24, 2.45) is 0 Å². The Hall–Kier alpha value is -0.770. The topological polar surface area (TPSA) is 78.0 Å². The van der Waals surface area contributed by atoms with Crippen molar-refractivity contribution in [2.75, 3.05) is 11.9 Å². The molecule has 0 spiro atoms. The van der Waals surface area contributed by atoms with Crippen molar-refractivity contribution in [1.29, 1.82) is 0 Å². The molecule has 5 nitrogen and oxygen atoms in total. The van der Waals surface area contributed by atoms with Crippen LogP contribution in [0.3, 0.4) is 0 Å². The molecule has 0 radical (unpaired) electrons. The van der Waals surface area contributed by atoms with E-state index in [0.29, 0.717) is 0 Å². The highest BCUT2D eigenvalue weighted by molar-refractivity contribution is 14.1. The van der Waals surface area contributed by atoms with Gasteiger partial charge in [0.05, 0.1) is 6.33 Å². The average Bonchev–Trinajstić information content (AvgIpc) is 2.19. The monoisotopic (exact) mass is 331 g/mol. The fourth-order valence-electron chi connectivity index (χ4n) is 0.797. The van der Waals surface area contributed by atoms with Crippen LogP contribution in [-0.2, 0) is 0 Å². The number of hydrogen-bond acceptors (Lipinski definition) is 4. The van der Waals surface area contributed by atoms with Gasteiger partial charge in [0.2, 0.25) is 0 Å². The summed E-state index contributed by atoms with van der Waals surface area (Å²) in [6.45, 7) is -0.357. The van der Waals surface area contributed by atoms with E-state index in [4.69, 9.17) is 5.11 Å². The van der Waals surface area contributed by atoms with Gasteiger partial charge in [0.15, 0.2) is 0 Å². The van der Waals surface area contributed by atoms with Gasteiger partial charge in [-0.15, -0.1) is 0 Å². The van der Waals surface area contributed by atoms with E-state index in [2.05, 4.69) is 15.3 Å². The standard InChI is InChI=1S/C7H8F2IN3O2/c8-5(9)3(14)1-11-6-4(10)7(15)13-2-12-6/h2-3,5,14H,1H2,(H2,11,12,13,15). The molecule has 0 aliphatic rings. The highest BCUT2D eigenvalue weighted by Crippen LogP contribution is 2.09. The second kappa shape index (κ2) is 5.35. The van der Waals surface area contributed by atoms with Gasteiger partial charge in [-0.25, -0.2) is 13.8 Å². The third-order valence-electron chi connectivity index (χ3n) is 1.57. The number of aromatic amines is 1. The smallest absolute Gasteiger partial charge is 0.266 e. The van der Waals surface area contributed by atoms with Gasteiger partial charge in [-0.05, 0) is 22.6 Å². The van der Waals surface area contributed by atoms with Gasteiger partial charge >= 0.3 is 0 Å². The van der Waals surface area contributed by atoms with Crippen LogP contribution < -0.4 is 10.9 Å². The van der Waals surface area contributed by atoms with Crippen LogP contribution in [0.25, 0.3) is 0 Å². The van der Waals surface area contributed by atoms with Crippen molar-refractivity contribution >= 4 is 28.4 Å². The van der Waals surface area contributed by atoms with Crippen molar-refractivity contribution in [1.82, 2.24) is 9.97 Å². The molecular formula is C7H8F2IN3O2. The van der Waals surface area contributed by atoms with Crippen LogP contribution in [0.5, 0.6) is 0 Å². The van der Waals surface area contributed by atoms with Crippen molar-refractivity contribution in [2.45, 2.75) is 12.5 Å². The number of aliphatic hydroxyl groups excluding tert-OH is 1. The number of hydrogen-bond donors (Lipinski definition) is 3. The second-order valence-corrected chi connectivity index (χ2v) is 3.76. The van der Waals surface area contributed by atoms with Crippen LogP contribution in [0.15, 0.2) is 11.1 Å². The number of alkyl halides is 2. The molecule has 1 rings (SSSR count). The summed E-state index contributed by atoms with van der Waals surface area (Å²) in [6.07, 6.45) is -3.44. The van der Waals surface area contributed by atoms with Gasteiger partial charge < -0.3 is 15.4 Å². The van der Waals surface area contributed by atoms with Crippen LogP contribution in [0.1, 0.15) is 0 Å². The number of anilines is 1. The highest BCUT2D eigenvalue weighted by atomic mass is 127. The van der Waals surface area contributed by atoms with Crippen molar-refractivity contribution in [3.8, 4) is 0 Å². The third kappa shape index (κ3) is 3.38. The predicted molar refractivity (Wildman–Crippen MR) is 58.1 cm³/mol. The molecule has 0 saturated carbocycles. The van der Waals surface area contributed by atoms with Crippen LogP contribution in [0.4, 0.5) is 14.6 Å². The summed E-state index contributed by atoms with van der Waals surface area (Å²) in [5.41, 5.74) is -0.361. The van der Waals surface area contributed by atoms with Crippen molar-refractivity contribution < 1.29 is 13.9 Å². The first-order chi connectivity index (χ1) is 7.02. The molecule has 15 heavy (non-hydrogen) atoms. The molecule has 1 aromatic heterocycles. The first-order valence-corrected chi connectivity index (χ1v) is 5.03. The predicted octanol–water partition coefficient (Wildman–Crippen LogP) is 0.412. The van der Waals surface area contributed by atoms with E-state index in [9.17, 15) is 13.6 Å². The van der Waals surface area contributed by atoms with E-state index < -0.39 is 12.5 Å². The molecule has 0 aliphatic heterocycles. The molecule has 3 N–H and O–H groups in total. The van der Waals surface area contributed by atoms with Gasteiger partial charge in [0, 0.05) is 6.54 Å². The lowest BCUT2D eigenvalue weighted by molar-refractivity contribution is 0.00380. The maximum Gasteiger partial charge on any atom is 0.266 e. The number of rotatable bonds is 4. The van der Waals surface area contributed by atoms with Gasteiger partial charge in [0.25, 0.3) is 12.0 Å². The summed E-state index contributed by atoms with van der Waals surface area (Å²) >= 11 is 1.73. The first kappa shape index (κ1) is 12.3. The fourth-order valence-corrected chi connectivity index (χ4v) is 1.28. The molecule has 1 aromatic rings. The Balaban J connectivity index is 2.66. The number of nitrogens with zero attached hydrogens (tertiary/aromatic N) is 1. The van der Waals surface area contributed by atoms with Gasteiger partial charge in [-0.3, -0.25) is 4.79 Å². The minimum atomic E-state index is -2.82. The van der Waals surface area contributed by atoms with Crippen LogP contribution in [-0.4, -0.2) is 34.1 Å². The zero-order valence-corrected chi connectivity index (χ0v) is 9.53. The minimum absolute atomic E-state index is 0.180. The molecule has 1 atom stereocenters. The quantitative estimate of drug-likeness (QED) is 0.699. The summed E-state index contributed by atoms with van der Waals surface area (Å²) < 4.78 is 24.1. The Morgan fingerprint density at radius 2 is 2.33 bits per heavy atom. The maximum atomic E-state index is 11.9. The molecule has 0 fully saturated rings. The largest absolute Gasteiger partial charge is 0.385 e. The Morgan fingerprint density at radius 1 is 1.67 bits per heavy atom. The van der Waals surface area contributed by atoms with E-state index >= 15 is 0 Å². The fraction of sp³-hybridized carbons (Fsp3) is 0.429. The Bertz CT molecular complexity index is 385. The third-order valence-corrected chi connectivity index (χ3v) is 2.57. The maximum absolute atomic E-state index is 11.9. The van der Waals surface area contributed by atoms with Crippen molar-refractivity contribution in [3.05, 3.63) is 20.3 Å². The Kier molecular flexibility index (Phi) is 4.39. The van der Waals surface area contributed by atoms with E-state index in [1.54, 1.807) is 22.6 Å². The summed E-state index contributed by atoms with van der Waals surface area (Å²) in [4.78, 5) is 17.1. The molecule has 0 saturated heterocycles. The highest BCUT2D eigenvalue weighted by Gasteiger charge is 2.17. The molecular weight excluding hydrogens is 323 g/mol. The number of H-pyrrole nitrogens is 1. The molecule has 8 heteroatoms. The Labute approximate surface area is 97.1 Å². The SMILES string of the molecule is O=c1[nH]cnc(NCC(O)C(F)F)c1I. The van der Waals surface area contributed by atoms with Crippen LogP contribution >= 0.6 is 22.6 Å². The molecule has 84 valence electrons. The zero-order valence-electron chi connectivity index (χ0n) is 7.38. The molecule has 1 heterocycles. The van der Waals surface area contributed by atoms with E-state index in [1.165, 1.54) is 0 Å². The minimum Gasteiger partial charge on any atom is -0.385 e. The number of nitrogens with one attached hydrogen (secondary N) is 2. The van der Waals surface area contributed by atoms with Crippen LogP contribution in [0.2, 0.25) is 0 Å². The molecule has 0 bridgehead atoms. The van der Waals surface area contributed by atoms with Gasteiger partial charge in [-0.1, -0.05) is 0 Å². The summed E-state index contributed by atoms with van der Waals surface area (Å²) in [6, 6.07) is 0. The normalized spacial score (nSPS) is 12.9. The molecule has 0 amide bonds. The number of halogens is 3. The van der Waals surface area contributed by atoms with E-state index in [1.807, 2.05) is 0 Å². The molecule has 0 aromatic carbocycles. The zero-order chi connectivity index (χ0) is 11.4. The number of aromatic nitrogens is 2. The lowest BCUT2D eigenvalue weighted by Crippen LogP contribution is -2.28. The summed E-state index contributed by atoms with van der Waals surface area (Å²) in [5, 5.41) is 11.3. The van der Waals surface area contributed by atoms with Gasteiger partial charge in [0.1, 0.15) is 15.5 Å². The van der Waals surface area contributed by atoms with Gasteiger partial charge in [-0.2, -0.15) is 0 Å². The van der Waals surface area contributed by atoms with E-state index in [0.717, 1.165) is 6.33 Å². The lowest BCUT2D eigenvalue weighted by atomic mass is 10.3. The van der Waals surface area contributed by atoms with E-state index in [-0.39, 0.29) is 21.5 Å². The summed E-state index contributed by atoms with van der Waals surface area (Å²) in [7, 11) is 0. The first-order valence-electron chi connectivity index (χ1n) is 3.95. The Morgan fingerprint density at radius 3 is 2.93 bits per heavy atom. The van der Waals surface area contributed by atoms with Crippen molar-refractivity contribution in [3.63, 3.8) is 0 Å². The second-order valence-electron chi connectivity index (χ2n) is 2.68. The lowest BCUT2D eigenvalue weighted by Gasteiger charge is -2.11. The molecule has 0 aliphatic carbocycles.